The largest absolute Gasteiger partial charge is 0.300 e. The van der Waals surface area contributed by atoms with Gasteiger partial charge in [0.2, 0.25) is 0 Å². The lowest BCUT2D eigenvalue weighted by Gasteiger charge is -2.23. The monoisotopic (exact) mass is 242 g/mol. The topological polar surface area (TPSA) is 17.1 Å². The van der Waals surface area contributed by atoms with Gasteiger partial charge in [-0.05, 0) is 36.5 Å². The number of hydrogen-bond donors (Lipinski definition) is 0. The quantitative estimate of drug-likeness (QED) is 0.779. The van der Waals surface area contributed by atoms with E-state index in [9.17, 15) is 9.18 Å². The van der Waals surface area contributed by atoms with Crippen molar-refractivity contribution in [2.24, 2.45) is 5.41 Å². The molecule has 0 aliphatic heterocycles. The van der Waals surface area contributed by atoms with Crippen LogP contribution in [0.3, 0.4) is 0 Å². The van der Waals surface area contributed by atoms with Gasteiger partial charge < -0.3 is 4.79 Å². The summed E-state index contributed by atoms with van der Waals surface area (Å²) in [6, 6.07) is 4.66. The molecule has 0 saturated heterocycles. The van der Waals surface area contributed by atoms with Crippen LogP contribution in [0, 0.1) is 11.2 Å². The second-order valence-corrected chi connectivity index (χ2v) is 5.39. The lowest BCUT2D eigenvalue weighted by Crippen LogP contribution is -2.19. The van der Waals surface area contributed by atoms with Gasteiger partial charge in [0.25, 0.3) is 0 Å². The Hall–Kier alpha value is -0.890. The lowest BCUT2D eigenvalue weighted by atomic mass is 9.81. The van der Waals surface area contributed by atoms with Crippen LogP contribution in [0.2, 0.25) is 5.02 Å². The van der Waals surface area contributed by atoms with E-state index in [1.807, 2.05) is 13.8 Å². The zero-order valence-corrected chi connectivity index (χ0v) is 10.6. The highest BCUT2D eigenvalue weighted by molar-refractivity contribution is 6.30. The third kappa shape index (κ3) is 3.93. The third-order valence-electron chi connectivity index (χ3n) is 2.41. The van der Waals surface area contributed by atoms with Crippen LogP contribution in [-0.4, -0.2) is 5.78 Å². The van der Waals surface area contributed by atoms with Gasteiger partial charge in [-0.15, -0.1) is 0 Å². The van der Waals surface area contributed by atoms with Crippen molar-refractivity contribution in [1.82, 2.24) is 0 Å². The molecule has 0 fully saturated rings. The first-order valence-corrected chi connectivity index (χ1v) is 5.61. The third-order valence-corrected chi connectivity index (χ3v) is 2.65. The number of Topliss-reactive ketones (excluding diaryl/α,β-unsaturated/α-hetero) is 1. The van der Waals surface area contributed by atoms with Crippen LogP contribution in [-0.2, 0) is 11.2 Å². The predicted molar refractivity (Wildman–Crippen MR) is 64.2 cm³/mol. The van der Waals surface area contributed by atoms with Crippen molar-refractivity contribution >= 4 is 17.4 Å². The molecule has 1 nitrogen and oxygen atoms in total. The van der Waals surface area contributed by atoms with Crippen LogP contribution in [0.5, 0.6) is 0 Å². The summed E-state index contributed by atoms with van der Waals surface area (Å²) in [5.74, 6) is -0.177. The van der Waals surface area contributed by atoms with Crippen molar-refractivity contribution in [2.45, 2.75) is 33.6 Å². The molecule has 0 N–H and O–H groups in total. The first-order chi connectivity index (χ1) is 7.30. The molecule has 0 bridgehead atoms. The van der Waals surface area contributed by atoms with Gasteiger partial charge >= 0.3 is 0 Å². The second-order valence-electron chi connectivity index (χ2n) is 4.96. The molecule has 0 radical (unpaired) electrons. The summed E-state index contributed by atoms with van der Waals surface area (Å²) >= 11 is 5.68. The molecule has 0 saturated carbocycles. The normalized spacial score (nSPS) is 11.6. The Kier molecular flexibility index (Phi) is 4.09. The number of hydrogen-bond acceptors (Lipinski definition) is 1. The van der Waals surface area contributed by atoms with Gasteiger partial charge in [-0.25, -0.2) is 4.39 Å². The summed E-state index contributed by atoms with van der Waals surface area (Å²) in [5, 5.41) is 0.394. The molecule has 1 aromatic rings. The maximum Gasteiger partial charge on any atom is 0.130 e. The number of carbonyl (C=O) groups excluding carboxylic acids is 1. The van der Waals surface area contributed by atoms with E-state index in [1.54, 1.807) is 19.1 Å². The zero-order valence-electron chi connectivity index (χ0n) is 9.81. The molecule has 0 spiro atoms. The van der Waals surface area contributed by atoms with Crippen LogP contribution in [0.15, 0.2) is 18.2 Å². The van der Waals surface area contributed by atoms with Crippen molar-refractivity contribution in [1.29, 1.82) is 0 Å². The average Bonchev–Trinajstić information content (AvgIpc) is 2.07. The molecule has 0 amide bonds. The van der Waals surface area contributed by atoms with Gasteiger partial charge in [0.15, 0.2) is 0 Å². The predicted octanol–water partition coefficient (Wildman–Crippen LogP) is 4.03. The molecule has 1 rings (SSSR count). The maximum absolute atomic E-state index is 13.5. The summed E-state index contributed by atoms with van der Waals surface area (Å²) in [5.41, 5.74) is 0.385. The molecule has 0 aliphatic rings. The van der Waals surface area contributed by atoms with E-state index in [4.69, 9.17) is 11.6 Å². The molecule has 0 aliphatic carbocycles. The molecule has 1 aromatic carbocycles. The van der Waals surface area contributed by atoms with E-state index in [-0.39, 0.29) is 17.0 Å². The Morgan fingerprint density at radius 3 is 2.56 bits per heavy atom. The Balaban J connectivity index is 2.83. The minimum absolute atomic E-state index is 0.124. The summed E-state index contributed by atoms with van der Waals surface area (Å²) < 4.78 is 13.5. The van der Waals surface area contributed by atoms with Gasteiger partial charge in [0, 0.05) is 11.4 Å². The fraction of sp³-hybridized carbons (Fsp3) is 0.462. The van der Waals surface area contributed by atoms with Gasteiger partial charge in [-0.3, -0.25) is 0 Å². The highest BCUT2D eigenvalue weighted by Gasteiger charge is 2.22. The minimum atomic E-state index is -0.302. The fourth-order valence-electron chi connectivity index (χ4n) is 1.92. The summed E-state index contributed by atoms with van der Waals surface area (Å²) in [7, 11) is 0. The Labute approximate surface area is 101 Å². The van der Waals surface area contributed by atoms with E-state index in [1.165, 1.54) is 6.07 Å². The van der Waals surface area contributed by atoms with Crippen LogP contribution in [0.1, 0.15) is 32.8 Å². The smallest absolute Gasteiger partial charge is 0.130 e. The standard InChI is InChI=1S/C13H16ClFO/c1-9(16)7-13(2,3)8-10-4-5-11(14)6-12(10)15/h4-6H,7-8H2,1-3H3. The molecule has 0 atom stereocenters. The number of halogens is 2. The zero-order chi connectivity index (χ0) is 12.3. The Bertz CT molecular complexity index is 399. The van der Waals surface area contributed by atoms with Crippen molar-refractivity contribution in [3.63, 3.8) is 0 Å². The number of benzene rings is 1. The molecule has 0 heterocycles. The van der Waals surface area contributed by atoms with Crippen LogP contribution < -0.4 is 0 Å². The molecule has 0 unspecified atom stereocenters. The number of carbonyl (C=O) groups is 1. The number of rotatable bonds is 4. The highest BCUT2D eigenvalue weighted by atomic mass is 35.5. The highest BCUT2D eigenvalue weighted by Crippen LogP contribution is 2.28. The van der Waals surface area contributed by atoms with Gasteiger partial charge in [-0.2, -0.15) is 0 Å². The van der Waals surface area contributed by atoms with E-state index in [2.05, 4.69) is 0 Å². The van der Waals surface area contributed by atoms with E-state index in [0.29, 0.717) is 23.4 Å². The summed E-state index contributed by atoms with van der Waals surface area (Å²) in [6.45, 7) is 5.48. The summed E-state index contributed by atoms with van der Waals surface area (Å²) in [6.07, 6.45) is 0.991. The van der Waals surface area contributed by atoms with E-state index in [0.717, 1.165) is 0 Å². The molecule has 0 aromatic heterocycles. The van der Waals surface area contributed by atoms with Crippen LogP contribution in [0.4, 0.5) is 4.39 Å². The van der Waals surface area contributed by atoms with Gasteiger partial charge in [-0.1, -0.05) is 31.5 Å². The summed E-state index contributed by atoms with van der Waals surface area (Å²) in [4.78, 5) is 11.1. The fourth-order valence-corrected chi connectivity index (χ4v) is 2.08. The van der Waals surface area contributed by atoms with Crippen molar-refractivity contribution in [3.8, 4) is 0 Å². The van der Waals surface area contributed by atoms with E-state index < -0.39 is 0 Å². The first kappa shape index (κ1) is 13.2. The SMILES string of the molecule is CC(=O)CC(C)(C)Cc1ccc(Cl)cc1F. The number of ketones is 1. The average molecular weight is 243 g/mol. The van der Waals surface area contributed by atoms with Crippen molar-refractivity contribution < 1.29 is 9.18 Å². The van der Waals surface area contributed by atoms with Crippen molar-refractivity contribution in [3.05, 3.63) is 34.6 Å². The molecular formula is C13H16ClFO. The first-order valence-electron chi connectivity index (χ1n) is 5.23. The minimum Gasteiger partial charge on any atom is -0.300 e. The Morgan fingerprint density at radius 1 is 1.44 bits per heavy atom. The lowest BCUT2D eigenvalue weighted by molar-refractivity contribution is -0.118. The molecular weight excluding hydrogens is 227 g/mol. The second kappa shape index (κ2) is 4.96. The van der Waals surface area contributed by atoms with E-state index >= 15 is 0 Å². The van der Waals surface area contributed by atoms with Gasteiger partial charge in [0.05, 0.1) is 0 Å². The maximum atomic E-state index is 13.5. The molecule has 16 heavy (non-hydrogen) atoms. The van der Waals surface area contributed by atoms with Crippen LogP contribution >= 0.6 is 11.6 Å². The Morgan fingerprint density at radius 2 is 2.06 bits per heavy atom. The van der Waals surface area contributed by atoms with Crippen molar-refractivity contribution in [2.75, 3.05) is 0 Å². The molecule has 3 heteroatoms. The van der Waals surface area contributed by atoms with Crippen LogP contribution in [0.25, 0.3) is 0 Å². The molecule has 88 valence electrons. The van der Waals surface area contributed by atoms with Gasteiger partial charge in [0.1, 0.15) is 11.6 Å².